The van der Waals surface area contributed by atoms with E-state index in [1.165, 1.54) is 22.3 Å². The molecule has 0 aliphatic heterocycles. The predicted molar refractivity (Wildman–Crippen MR) is 146 cm³/mol. The first-order valence-corrected chi connectivity index (χ1v) is 12.2. The Bertz CT molecular complexity index is 1860. The van der Waals surface area contributed by atoms with Crippen LogP contribution < -0.4 is 0 Å². The van der Waals surface area contributed by atoms with Crippen LogP contribution in [0.5, 0.6) is 0 Å². The maximum absolute atomic E-state index is 6.35. The van der Waals surface area contributed by atoms with Crippen molar-refractivity contribution in [1.29, 1.82) is 0 Å². The Morgan fingerprint density at radius 1 is 0.457 bits per heavy atom. The minimum Gasteiger partial charge on any atom is -0.456 e. The van der Waals surface area contributed by atoms with Gasteiger partial charge in [0.1, 0.15) is 22.3 Å². The van der Waals surface area contributed by atoms with Gasteiger partial charge in [-0.1, -0.05) is 73.2 Å². The Morgan fingerprint density at radius 3 is 1.37 bits per heavy atom. The lowest BCUT2D eigenvalue weighted by molar-refractivity contribution is 0.664. The van der Waals surface area contributed by atoms with Crippen LogP contribution in [0.1, 0.15) is 18.1 Å². The molecule has 0 saturated carbocycles. The normalized spacial score (nSPS) is 11.8. The molecule has 0 radical (unpaired) electrons. The predicted octanol–water partition coefficient (Wildman–Crippen LogP) is 9.69. The summed E-state index contributed by atoms with van der Waals surface area (Å²) in [6.07, 6.45) is 1.05. The first-order valence-electron chi connectivity index (χ1n) is 12.2. The van der Waals surface area contributed by atoms with Crippen molar-refractivity contribution in [2.75, 3.05) is 0 Å². The van der Waals surface area contributed by atoms with E-state index in [1.807, 2.05) is 0 Å². The fourth-order valence-corrected chi connectivity index (χ4v) is 5.08. The lowest BCUT2D eigenvalue weighted by atomic mass is 10.0. The quantitative estimate of drug-likeness (QED) is 0.267. The Balaban J connectivity index is 1.35. The van der Waals surface area contributed by atoms with Gasteiger partial charge in [-0.15, -0.1) is 0 Å². The molecule has 2 nitrogen and oxygen atoms in total. The van der Waals surface area contributed by atoms with E-state index in [0.29, 0.717) is 0 Å². The van der Waals surface area contributed by atoms with Gasteiger partial charge >= 0.3 is 0 Å². The van der Waals surface area contributed by atoms with Crippen LogP contribution in [0.15, 0.2) is 106 Å². The van der Waals surface area contributed by atoms with Gasteiger partial charge in [-0.2, -0.15) is 0 Å². The van der Waals surface area contributed by atoms with Crippen molar-refractivity contribution >= 4 is 43.9 Å². The van der Waals surface area contributed by atoms with E-state index in [0.717, 1.165) is 61.4 Å². The first kappa shape index (κ1) is 20.1. The number of benzene rings is 5. The summed E-state index contributed by atoms with van der Waals surface area (Å²) >= 11 is 0. The molecule has 0 aliphatic carbocycles. The van der Waals surface area contributed by atoms with Crippen LogP contribution in [0.2, 0.25) is 0 Å². The molecule has 0 saturated heterocycles. The Labute approximate surface area is 203 Å². The molecule has 5 aromatic carbocycles. The lowest BCUT2D eigenvalue weighted by Crippen LogP contribution is -1.81. The molecule has 0 amide bonds. The zero-order chi connectivity index (χ0) is 23.5. The molecule has 0 spiro atoms. The zero-order valence-corrected chi connectivity index (χ0v) is 19.8. The number of hydrogen-bond acceptors (Lipinski definition) is 2. The monoisotopic (exact) mass is 452 g/mol. The summed E-state index contributed by atoms with van der Waals surface area (Å²) < 4.78 is 12.7. The van der Waals surface area contributed by atoms with Gasteiger partial charge < -0.3 is 8.83 Å². The summed E-state index contributed by atoms with van der Waals surface area (Å²) in [5, 5.41) is 4.38. The number of aryl methyl sites for hydroxylation is 2. The Morgan fingerprint density at radius 2 is 0.886 bits per heavy atom. The van der Waals surface area contributed by atoms with Crippen LogP contribution in [0.25, 0.3) is 66.1 Å². The fraction of sp³-hybridized carbons (Fsp3) is 0.0909. The van der Waals surface area contributed by atoms with Gasteiger partial charge in [0, 0.05) is 21.5 Å². The van der Waals surface area contributed by atoms with Crippen molar-refractivity contribution in [1.82, 2.24) is 0 Å². The molecule has 0 atom stereocenters. The van der Waals surface area contributed by atoms with Crippen molar-refractivity contribution in [3.8, 4) is 22.3 Å². The maximum Gasteiger partial charge on any atom is 0.136 e. The highest BCUT2D eigenvalue weighted by Gasteiger charge is 2.14. The van der Waals surface area contributed by atoms with Crippen LogP contribution in [0, 0.1) is 6.92 Å². The molecule has 7 aromatic rings. The van der Waals surface area contributed by atoms with Crippen LogP contribution in [-0.4, -0.2) is 0 Å². The van der Waals surface area contributed by atoms with E-state index in [1.54, 1.807) is 0 Å². The highest BCUT2D eigenvalue weighted by molar-refractivity contribution is 6.15. The average Bonchev–Trinajstić information content (AvgIpc) is 3.43. The molecule has 2 heterocycles. The van der Waals surface area contributed by atoms with E-state index in [2.05, 4.69) is 111 Å². The molecule has 0 bridgehead atoms. The lowest BCUT2D eigenvalue weighted by Gasteiger charge is -2.03. The summed E-state index contributed by atoms with van der Waals surface area (Å²) in [6, 6.07) is 34.5. The average molecular weight is 453 g/mol. The standard InChI is InChI=1S/C33H24O2/c1-3-21-6-10-23(11-7-21)25-13-15-27-29-19-32-28(18-33(29)35-31(27)17-25)26-14-12-24(16-30(26)34-32)22-8-4-20(2)5-9-22/h4-19H,3H2,1-2H3. The molecular formula is C33H24O2. The summed E-state index contributed by atoms with van der Waals surface area (Å²) in [5.74, 6) is 0. The van der Waals surface area contributed by atoms with Gasteiger partial charge in [0.25, 0.3) is 0 Å². The van der Waals surface area contributed by atoms with E-state index in [-0.39, 0.29) is 0 Å². The smallest absolute Gasteiger partial charge is 0.136 e. The van der Waals surface area contributed by atoms with E-state index in [4.69, 9.17) is 8.83 Å². The minimum absolute atomic E-state index is 0.885. The molecule has 0 unspecified atom stereocenters. The summed E-state index contributed by atoms with van der Waals surface area (Å²) in [5.41, 5.74) is 10.9. The fourth-order valence-electron chi connectivity index (χ4n) is 5.08. The van der Waals surface area contributed by atoms with Crippen LogP contribution >= 0.6 is 0 Å². The van der Waals surface area contributed by atoms with Crippen LogP contribution in [0.4, 0.5) is 0 Å². The number of fused-ring (bicyclic) bond motifs is 6. The third kappa shape index (κ3) is 3.25. The van der Waals surface area contributed by atoms with Gasteiger partial charge in [0.2, 0.25) is 0 Å². The number of furan rings is 2. The van der Waals surface area contributed by atoms with Crippen molar-refractivity contribution in [2.24, 2.45) is 0 Å². The van der Waals surface area contributed by atoms with Crippen molar-refractivity contribution in [3.05, 3.63) is 108 Å². The van der Waals surface area contributed by atoms with Crippen molar-refractivity contribution in [2.45, 2.75) is 20.3 Å². The minimum atomic E-state index is 0.885. The topological polar surface area (TPSA) is 26.3 Å². The second kappa shape index (κ2) is 7.61. The first-order chi connectivity index (χ1) is 17.2. The summed E-state index contributed by atoms with van der Waals surface area (Å²) in [6.45, 7) is 4.29. The Kier molecular flexibility index (Phi) is 4.37. The van der Waals surface area contributed by atoms with E-state index in [9.17, 15) is 0 Å². The molecule has 168 valence electrons. The zero-order valence-electron chi connectivity index (χ0n) is 19.8. The van der Waals surface area contributed by atoms with Crippen LogP contribution in [-0.2, 0) is 6.42 Å². The highest BCUT2D eigenvalue weighted by atomic mass is 16.3. The van der Waals surface area contributed by atoms with Gasteiger partial charge in [0.15, 0.2) is 0 Å². The van der Waals surface area contributed by atoms with E-state index < -0.39 is 0 Å². The van der Waals surface area contributed by atoms with Gasteiger partial charge in [-0.05, 0) is 77.6 Å². The molecule has 0 fully saturated rings. The molecule has 0 N–H and O–H groups in total. The third-order valence-corrected chi connectivity index (χ3v) is 7.15. The van der Waals surface area contributed by atoms with Gasteiger partial charge in [-0.25, -0.2) is 0 Å². The molecule has 2 aromatic heterocycles. The summed E-state index contributed by atoms with van der Waals surface area (Å²) in [7, 11) is 0. The van der Waals surface area contributed by atoms with Crippen molar-refractivity contribution < 1.29 is 8.83 Å². The molecule has 0 aliphatic rings. The number of hydrogen-bond donors (Lipinski definition) is 0. The molecule has 2 heteroatoms. The van der Waals surface area contributed by atoms with Crippen molar-refractivity contribution in [3.63, 3.8) is 0 Å². The SMILES string of the molecule is CCc1ccc(-c2ccc3c(c2)oc2cc4c(cc23)oc2cc(-c3ccc(C)cc3)ccc24)cc1. The molecule has 35 heavy (non-hydrogen) atoms. The second-order valence-electron chi connectivity index (χ2n) is 9.39. The van der Waals surface area contributed by atoms with Gasteiger partial charge in [0.05, 0.1) is 0 Å². The maximum atomic E-state index is 6.35. The largest absolute Gasteiger partial charge is 0.456 e. The number of rotatable bonds is 3. The Hall–Kier alpha value is -4.30. The molecule has 7 rings (SSSR count). The van der Waals surface area contributed by atoms with E-state index >= 15 is 0 Å². The second-order valence-corrected chi connectivity index (χ2v) is 9.39. The third-order valence-electron chi connectivity index (χ3n) is 7.15. The van der Waals surface area contributed by atoms with Gasteiger partial charge in [-0.3, -0.25) is 0 Å². The van der Waals surface area contributed by atoms with Crippen LogP contribution in [0.3, 0.4) is 0 Å². The summed E-state index contributed by atoms with van der Waals surface area (Å²) in [4.78, 5) is 0. The highest BCUT2D eigenvalue weighted by Crippen LogP contribution is 2.38. The molecular weight excluding hydrogens is 428 g/mol.